The van der Waals surface area contributed by atoms with E-state index in [0.717, 1.165) is 4.88 Å². The summed E-state index contributed by atoms with van der Waals surface area (Å²) in [7, 11) is 1.56. The molecule has 0 atom stereocenters. The number of amides is 3. The molecule has 2 aromatic rings. The number of nitrogens with one attached hydrogen (secondary N) is 2. The van der Waals surface area contributed by atoms with Crippen molar-refractivity contribution < 1.29 is 14.4 Å². The Morgan fingerprint density at radius 3 is 2.46 bits per heavy atom. The highest BCUT2D eigenvalue weighted by atomic mass is 32.1. The number of anilines is 1. The van der Waals surface area contributed by atoms with Crippen LogP contribution in [0.5, 0.6) is 0 Å². The van der Waals surface area contributed by atoms with Crippen molar-refractivity contribution in [2.75, 3.05) is 25.5 Å². The predicted octanol–water partition coefficient (Wildman–Crippen LogP) is 2.60. The van der Waals surface area contributed by atoms with Crippen LogP contribution in [-0.2, 0) is 4.79 Å². The summed E-state index contributed by atoms with van der Waals surface area (Å²) in [4.78, 5) is 39.4. The molecule has 0 radical (unpaired) electrons. The Labute approximate surface area is 156 Å². The lowest BCUT2D eigenvalue weighted by atomic mass is 9.95. The van der Waals surface area contributed by atoms with Gasteiger partial charge in [-0.2, -0.15) is 0 Å². The maximum absolute atomic E-state index is 12.6. The smallest absolute Gasteiger partial charge is 0.263 e. The van der Waals surface area contributed by atoms with Gasteiger partial charge in [-0.3, -0.25) is 14.4 Å². The molecule has 2 heterocycles. The minimum atomic E-state index is -0.239. The number of rotatable bonds is 4. The van der Waals surface area contributed by atoms with Crippen LogP contribution in [0.25, 0.3) is 0 Å². The molecule has 7 heteroatoms. The Hall–Kier alpha value is -2.67. The zero-order valence-corrected chi connectivity index (χ0v) is 15.3. The number of hydrogen-bond acceptors (Lipinski definition) is 4. The van der Waals surface area contributed by atoms with Gasteiger partial charge >= 0.3 is 0 Å². The molecule has 1 aliphatic heterocycles. The minimum absolute atomic E-state index is 0.0313. The molecule has 3 rings (SSSR count). The van der Waals surface area contributed by atoms with E-state index in [0.29, 0.717) is 37.2 Å². The Morgan fingerprint density at radius 2 is 1.81 bits per heavy atom. The lowest BCUT2D eigenvalue weighted by Crippen LogP contribution is -2.41. The van der Waals surface area contributed by atoms with Crippen LogP contribution >= 0.6 is 11.3 Å². The molecule has 1 aliphatic rings. The summed E-state index contributed by atoms with van der Waals surface area (Å²) in [6.07, 6.45) is 1.23. The van der Waals surface area contributed by atoms with E-state index in [1.165, 1.54) is 11.3 Å². The summed E-state index contributed by atoms with van der Waals surface area (Å²) >= 11 is 1.43. The summed E-state index contributed by atoms with van der Waals surface area (Å²) in [6.45, 7) is 1.12. The Balaban J connectivity index is 1.59. The fourth-order valence-corrected chi connectivity index (χ4v) is 3.75. The number of benzene rings is 1. The van der Waals surface area contributed by atoms with Crippen LogP contribution in [0.4, 0.5) is 5.69 Å². The summed E-state index contributed by atoms with van der Waals surface area (Å²) in [5, 5.41) is 7.32. The number of para-hydroxylation sites is 1. The van der Waals surface area contributed by atoms with Crippen LogP contribution < -0.4 is 10.6 Å². The largest absolute Gasteiger partial charge is 0.355 e. The highest BCUT2D eigenvalue weighted by molar-refractivity contribution is 7.12. The summed E-state index contributed by atoms with van der Waals surface area (Å²) in [5.74, 6) is -0.481. The number of hydrogen-bond donors (Lipinski definition) is 2. The normalized spacial score (nSPS) is 14.7. The lowest BCUT2D eigenvalue weighted by Gasteiger charge is -2.31. The van der Waals surface area contributed by atoms with Crippen molar-refractivity contribution in [1.82, 2.24) is 10.2 Å². The number of nitrogens with zero attached hydrogens (tertiary/aromatic N) is 1. The standard InChI is InChI=1S/C19H21N3O3S/c1-20-18(24)14-5-2-3-6-15(14)21-17(23)13-8-10-22(11-9-13)19(25)16-7-4-12-26-16/h2-7,12-13H,8-11H2,1H3,(H,20,24)(H,21,23). The summed E-state index contributed by atoms with van der Waals surface area (Å²) in [6, 6.07) is 10.6. The number of thiophene rings is 1. The number of carbonyl (C=O) groups is 3. The van der Waals surface area contributed by atoms with Gasteiger partial charge in [0.15, 0.2) is 0 Å². The monoisotopic (exact) mass is 371 g/mol. The first-order chi connectivity index (χ1) is 12.6. The van der Waals surface area contributed by atoms with E-state index < -0.39 is 0 Å². The molecular weight excluding hydrogens is 350 g/mol. The van der Waals surface area contributed by atoms with E-state index in [9.17, 15) is 14.4 Å². The van der Waals surface area contributed by atoms with Gasteiger partial charge in [0.05, 0.1) is 16.1 Å². The summed E-state index contributed by atoms with van der Waals surface area (Å²) in [5.41, 5.74) is 0.947. The summed E-state index contributed by atoms with van der Waals surface area (Å²) < 4.78 is 0. The van der Waals surface area contributed by atoms with E-state index in [-0.39, 0.29) is 23.6 Å². The van der Waals surface area contributed by atoms with Crippen molar-refractivity contribution in [1.29, 1.82) is 0 Å². The van der Waals surface area contributed by atoms with Crippen molar-refractivity contribution in [3.8, 4) is 0 Å². The maximum atomic E-state index is 12.6. The maximum Gasteiger partial charge on any atom is 0.263 e. The van der Waals surface area contributed by atoms with Crippen LogP contribution in [0, 0.1) is 5.92 Å². The topological polar surface area (TPSA) is 78.5 Å². The third-order valence-corrected chi connectivity index (χ3v) is 5.40. The third kappa shape index (κ3) is 3.94. The van der Waals surface area contributed by atoms with Gasteiger partial charge in [0, 0.05) is 26.1 Å². The van der Waals surface area contributed by atoms with Gasteiger partial charge in [-0.15, -0.1) is 11.3 Å². The first kappa shape index (κ1) is 18.1. The number of piperidine rings is 1. The van der Waals surface area contributed by atoms with Crippen molar-refractivity contribution in [3.05, 3.63) is 52.2 Å². The van der Waals surface area contributed by atoms with Gasteiger partial charge in [-0.1, -0.05) is 18.2 Å². The second-order valence-corrected chi connectivity index (χ2v) is 7.11. The van der Waals surface area contributed by atoms with Crippen molar-refractivity contribution in [3.63, 3.8) is 0 Å². The average molecular weight is 371 g/mol. The van der Waals surface area contributed by atoms with Crippen LogP contribution in [-0.4, -0.2) is 42.8 Å². The van der Waals surface area contributed by atoms with Crippen LogP contribution in [0.3, 0.4) is 0 Å². The molecule has 0 bridgehead atoms. The van der Waals surface area contributed by atoms with E-state index in [1.807, 2.05) is 17.5 Å². The molecule has 2 N–H and O–H groups in total. The number of carbonyl (C=O) groups excluding carboxylic acids is 3. The van der Waals surface area contributed by atoms with Crippen LogP contribution in [0.15, 0.2) is 41.8 Å². The van der Waals surface area contributed by atoms with Crippen LogP contribution in [0.1, 0.15) is 32.9 Å². The minimum Gasteiger partial charge on any atom is -0.355 e. The molecule has 1 saturated heterocycles. The first-order valence-corrected chi connectivity index (χ1v) is 9.43. The molecule has 1 fully saturated rings. The molecular formula is C19H21N3O3S. The third-order valence-electron chi connectivity index (χ3n) is 4.54. The molecule has 1 aromatic heterocycles. The number of likely N-dealkylation sites (tertiary alicyclic amines) is 1. The molecule has 3 amide bonds. The zero-order chi connectivity index (χ0) is 18.5. The van der Waals surface area contributed by atoms with E-state index >= 15 is 0 Å². The molecule has 1 aromatic carbocycles. The van der Waals surface area contributed by atoms with Gasteiger partial charge in [-0.25, -0.2) is 0 Å². The zero-order valence-electron chi connectivity index (χ0n) is 14.5. The van der Waals surface area contributed by atoms with E-state index in [1.54, 1.807) is 36.2 Å². The Morgan fingerprint density at radius 1 is 1.08 bits per heavy atom. The SMILES string of the molecule is CNC(=O)c1ccccc1NC(=O)C1CCN(C(=O)c2cccs2)CC1. The first-order valence-electron chi connectivity index (χ1n) is 8.55. The predicted molar refractivity (Wildman–Crippen MR) is 101 cm³/mol. The average Bonchev–Trinajstić information content (AvgIpc) is 3.22. The molecule has 0 unspecified atom stereocenters. The lowest BCUT2D eigenvalue weighted by molar-refractivity contribution is -0.121. The Kier molecular flexibility index (Phi) is 5.68. The Bertz CT molecular complexity index is 796. The van der Waals surface area contributed by atoms with Crippen molar-refractivity contribution in [2.24, 2.45) is 5.92 Å². The molecule has 6 nitrogen and oxygen atoms in total. The van der Waals surface area contributed by atoms with Gasteiger partial charge in [0.1, 0.15) is 0 Å². The van der Waals surface area contributed by atoms with Crippen molar-refractivity contribution in [2.45, 2.75) is 12.8 Å². The molecule has 0 aliphatic carbocycles. The fraction of sp³-hybridized carbons (Fsp3) is 0.316. The van der Waals surface area contributed by atoms with Gasteiger partial charge < -0.3 is 15.5 Å². The van der Waals surface area contributed by atoms with Gasteiger partial charge in [0.25, 0.3) is 11.8 Å². The van der Waals surface area contributed by atoms with Gasteiger partial charge in [-0.05, 0) is 36.4 Å². The molecule has 0 saturated carbocycles. The molecule has 0 spiro atoms. The van der Waals surface area contributed by atoms with Gasteiger partial charge in [0.2, 0.25) is 5.91 Å². The molecule has 136 valence electrons. The van der Waals surface area contributed by atoms with E-state index in [4.69, 9.17) is 0 Å². The molecule has 26 heavy (non-hydrogen) atoms. The highest BCUT2D eigenvalue weighted by Crippen LogP contribution is 2.23. The second kappa shape index (κ2) is 8.14. The van der Waals surface area contributed by atoms with E-state index in [2.05, 4.69) is 10.6 Å². The van der Waals surface area contributed by atoms with Crippen molar-refractivity contribution >= 4 is 34.7 Å². The van der Waals surface area contributed by atoms with Crippen LogP contribution in [0.2, 0.25) is 0 Å². The quantitative estimate of drug-likeness (QED) is 0.867. The highest BCUT2D eigenvalue weighted by Gasteiger charge is 2.28. The second-order valence-electron chi connectivity index (χ2n) is 6.16. The fourth-order valence-electron chi connectivity index (χ4n) is 3.06.